The van der Waals surface area contributed by atoms with E-state index in [1.807, 2.05) is 0 Å². The average molecular weight is 377 g/mol. The normalized spacial score (nSPS) is 10.1. The van der Waals surface area contributed by atoms with Crippen molar-refractivity contribution in [1.82, 2.24) is 0 Å². The van der Waals surface area contributed by atoms with Crippen molar-refractivity contribution < 1.29 is 24.0 Å². The van der Waals surface area contributed by atoms with Crippen molar-refractivity contribution in [3.8, 4) is 0 Å². The Kier molecular flexibility index (Phi) is 6.03. The van der Waals surface area contributed by atoms with Crippen molar-refractivity contribution in [2.45, 2.75) is 6.92 Å². The van der Waals surface area contributed by atoms with Gasteiger partial charge in [0.1, 0.15) is 0 Å². The lowest BCUT2D eigenvalue weighted by molar-refractivity contribution is -0.384. The Bertz CT molecular complexity index is 879. The minimum Gasteiger partial charge on any atom is -0.452 e. The molecule has 0 fully saturated rings. The summed E-state index contributed by atoms with van der Waals surface area (Å²) < 4.78 is 4.85. The summed E-state index contributed by atoms with van der Waals surface area (Å²) in [7, 11) is 0. The van der Waals surface area contributed by atoms with Gasteiger partial charge in [-0.3, -0.25) is 19.7 Å². The lowest BCUT2D eigenvalue weighted by Crippen LogP contribution is -2.21. The van der Waals surface area contributed by atoms with Crippen LogP contribution < -0.4 is 5.32 Å². The number of nitro benzene ring substituents is 1. The number of ketones is 1. The van der Waals surface area contributed by atoms with Gasteiger partial charge >= 0.3 is 5.97 Å². The molecule has 0 bridgehead atoms. The first kappa shape index (κ1) is 19.1. The lowest BCUT2D eigenvalue weighted by atomic mass is 10.1. The highest BCUT2D eigenvalue weighted by Gasteiger charge is 2.17. The molecule has 0 unspecified atom stereocenters. The number of benzene rings is 2. The first-order valence-electron chi connectivity index (χ1n) is 7.30. The van der Waals surface area contributed by atoms with Gasteiger partial charge in [-0.1, -0.05) is 11.6 Å². The van der Waals surface area contributed by atoms with Crippen LogP contribution in [0.25, 0.3) is 0 Å². The van der Waals surface area contributed by atoms with E-state index in [0.29, 0.717) is 11.3 Å². The molecule has 0 spiro atoms. The molecular weight excluding hydrogens is 364 g/mol. The van der Waals surface area contributed by atoms with E-state index in [4.69, 9.17) is 16.3 Å². The van der Waals surface area contributed by atoms with E-state index in [-0.39, 0.29) is 22.1 Å². The van der Waals surface area contributed by atoms with Crippen LogP contribution in [0.15, 0.2) is 42.5 Å². The summed E-state index contributed by atoms with van der Waals surface area (Å²) in [5.74, 6) is -1.57. The number of nitrogens with one attached hydrogen (secondary N) is 1. The Labute approximate surface area is 152 Å². The number of rotatable bonds is 6. The second-order valence-corrected chi connectivity index (χ2v) is 5.59. The zero-order valence-electron chi connectivity index (χ0n) is 13.5. The highest BCUT2D eigenvalue weighted by molar-refractivity contribution is 6.33. The minimum atomic E-state index is -0.882. The van der Waals surface area contributed by atoms with Gasteiger partial charge < -0.3 is 10.1 Å². The predicted octanol–water partition coefficient (Wildman–Crippen LogP) is 3.25. The van der Waals surface area contributed by atoms with E-state index >= 15 is 0 Å². The number of nitrogens with zero attached hydrogens (tertiary/aromatic N) is 1. The van der Waals surface area contributed by atoms with Crippen molar-refractivity contribution >= 4 is 40.6 Å². The number of ether oxygens (including phenoxy) is 1. The highest BCUT2D eigenvalue weighted by Crippen LogP contribution is 2.23. The third-order valence-electron chi connectivity index (χ3n) is 3.29. The number of hydrogen-bond donors (Lipinski definition) is 1. The summed E-state index contributed by atoms with van der Waals surface area (Å²) in [6, 6.07) is 9.49. The monoisotopic (exact) mass is 376 g/mol. The number of carbonyl (C=O) groups excluding carboxylic acids is 3. The summed E-state index contributed by atoms with van der Waals surface area (Å²) >= 11 is 5.82. The van der Waals surface area contributed by atoms with Crippen molar-refractivity contribution in [2.24, 2.45) is 0 Å². The summed E-state index contributed by atoms with van der Waals surface area (Å²) in [5, 5.41) is 13.0. The summed E-state index contributed by atoms with van der Waals surface area (Å²) in [5.41, 5.74) is 0.584. The molecule has 1 amide bonds. The summed E-state index contributed by atoms with van der Waals surface area (Å²) in [6.45, 7) is 0.858. The third-order valence-corrected chi connectivity index (χ3v) is 3.61. The second-order valence-electron chi connectivity index (χ2n) is 5.18. The molecule has 0 aromatic heterocycles. The Morgan fingerprint density at radius 1 is 1.15 bits per heavy atom. The standard InChI is InChI=1S/C17H13ClN2O6/c1-10(21)11-2-4-12(5-3-11)19-16(22)9-26-17(23)14-7-6-13(20(24)25)8-15(14)18/h2-8H,9H2,1H3,(H,19,22). The highest BCUT2D eigenvalue weighted by atomic mass is 35.5. The molecular formula is C17H13ClN2O6. The summed E-state index contributed by atoms with van der Waals surface area (Å²) in [4.78, 5) is 44.9. The third kappa shape index (κ3) is 4.87. The van der Waals surface area contributed by atoms with Crippen molar-refractivity contribution in [2.75, 3.05) is 11.9 Å². The Morgan fingerprint density at radius 2 is 1.81 bits per heavy atom. The molecule has 2 aromatic carbocycles. The maximum absolute atomic E-state index is 11.9. The van der Waals surface area contributed by atoms with Gasteiger partial charge in [0.15, 0.2) is 12.4 Å². The van der Waals surface area contributed by atoms with E-state index in [9.17, 15) is 24.5 Å². The molecule has 0 saturated heterocycles. The number of nitro groups is 1. The number of anilines is 1. The molecule has 8 nitrogen and oxygen atoms in total. The molecule has 0 atom stereocenters. The predicted molar refractivity (Wildman–Crippen MR) is 93.5 cm³/mol. The maximum atomic E-state index is 11.9. The topological polar surface area (TPSA) is 116 Å². The smallest absolute Gasteiger partial charge is 0.340 e. The van der Waals surface area contributed by atoms with E-state index in [1.54, 1.807) is 24.3 Å². The van der Waals surface area contributed by atoms with Crippen LogP contribution in [0.1, 0.15) is 27.6 Å². The van der Waals surface area contributed by atoms with Gasteiger partial charge in [0, 0.05) is 23.4 Å². The Morgan fingerprint density at radius 3 is 2.35 bits per heavy atom. The fourth-order valence-electron chi connectivity index (χ4n) is 1.98. The maximum Gasteiger partial charge on any atom is 0.340 e. The largest absolute Gasteiger partial charge is 0.452 e. The SMILES string of the molecule is CC(=O)c1ccc(NC(=O)COC(=O)c2ccc([N+](=O)[O-])cc2Cl)cc1. The number of non-ortho nitro benzene ring substituents is 1. The van der Waals surface area contributed by atoms with Crippen LogP contribution in [-0.2, 0) is 9.53 Å². The van der Waals surface area contributed by atoms with Crippen LogP contribution in [0, 0.1) is 10.1 Å². The molecule has 0 radical (unpaired) electrons. The Hall–Kier alpha value is -3.26. The fraction of sp³-hybridized carbons (Fsp3) is 0.118. The molecule has 134 valence electrons. The first-order chi connectivity index (χ1) is 12.3. The van der Waals surface area contributed by atoms with Crippen LogP contribution in [0.4, 0.5) is 11.4 Å². The molecule has 0 heterocycles. The van der Waals surface area contributed by atoms with Gasteiger partial charge in [-0.05, 0) is 37.3 Å². The Balaban J connectivity index is 1.93. The molecule has 9 heteroatoms. The van der Waals surface area contributed by atoms with Gasteiger partial charge in [0.25, 0.3) is 11.6 Å². The molecule has 1 N–H and O–H groups in total. The zero-order valence-corrected chi connectivity index (χ0v) is 14.3. The van der Waals surface area contributed by atoms with Crippen molar-refractivity contribution in [1.29, 1.82) is 0 Å². The van der Waals surface area contributed by atoms with Crippen LogP contribution in [-0.4, -0.2) is 29.2 Å². The molecule has 0 aliphatic carbocycles. The van der Waals surface area contributed by atoms with Gasteiger partial charge in [0.2, 0.25) is 0 Å². The van der Waals surface area contributed by atoms with Gasteiger partial charge in [-0.15, -0.1) is 0 Å². The zero-order chi connectivity index (χ0) is 19.3. The molecule has 0 saturated carbocycles. The van der Waals surface area contributed by atoms with Crippen LogP contribution in [0.3, 0.4) is 0 Å². The number of amides is 1. The van der Waals surface area contributed by atoms with E-state index < -0.39 is 23.4 Å². The number of halogens is 1. The van der Waals surface area contributed by atoms with Gasteiger partial charge in [0.05, 0.1) is 15.5 Å². The van der Waals surface area contributed by atoms with Crippen LogP contribution >= 0.6 is 11.6 Å². The average Bonchev–Trinajstić information content (AvgIpc) is 2.60. The molecule has 0 aliphatic heterocycles. The number of Topliss-reactive ketones (excluding diaryl/α,β-unsaturated/α-hetero) is 1. The van der Waals surface area contributed by atoms with E-state index in [1.165, 1.54) is 6.92 Å². The van der Waals surface area contributed by atoms with Crippen LogP contribution in [0.5, 0.6) is 0 Å². The number of carbonyl (C=O) groups is 3. The van der Waals surface area contributed by atoms with E-state index in [2.05, 4.69) is 5.32 Å². The van der Waals surface area contributed by atoms with Gasteiger partial charge in [-0.2, -0.15) is 0 Å². The first-order valence-corrected chi connectivity index (χ1v) is 7.67. The fourth-order valence-corrected chi connectivity index (χ4v) is 2.23. The molecule has 2 rings (SSSR count). The van der Waals surface area contributed by atoms with Crippen molar-refractivity contribution in [3.05, 3.63) is 68.7 Å². The van der Waals surface area contributed by atoms with Gasteiger partial charge in [-0.25, -0.2) is 4.79 Å². The van der Waals surface area contributed by atoms with E-state index in [0.717, 1.165) is 18.2 Å². The molecule has 26 heavy (non-hydrogen) atoms. The lowest BCUT2D eigenvalue weighted by Gasteiger charge is -2.08. The molecule has 0 aliphatic rings. The number of esters is 1. The minimum absolute atomic E-state index is 0.0872. The summed E-state index contributed by atoms with van der Waals surface area (Å²) in [6.07, 6.45) is 0. The number of hydrogen-bond acceptors (Lipinski definition) is 6. The van der Waals surface area contributed by atoms with Crippen LogP contribution in [0.2, 0.25) is 5.02 Å². The second kappa shape index (κ2) is 8.21. The molecule has 2 aromatic rings. The van der Waals surface area contributed by atoms with Crippen molar-refractivity contribution in [3.63, 3.8) is 0 Å². The quantitative estimate of drug-likeness (QED) is 0.358.